The molecule has 1 saturated heterocycles. The molecule has 1 unspecified atom stereocenters. The number of rotatable bonds is 1. The van der Waals surface area contributed by atoms with E-state index in [1.165, 1.54) is 11.8 Å². The Morgan fingerprint density at radius 2 is 2.00 bits per heavy atom. The topological polar surface area (TPSA) is 49.4 Å². The first kappa shape index (κ1) is 14.8. The van der Waals surface area contributed by atoms with Crippen molar-refractivity contribution in [2.75, 3.05) is 16.0 Å². The van der Waals surface area contributed by atoms with Crippen LogP contribution in [0.3, 0.4) is 0 Å². The molecule has 2 aliphatic heterocycles. The van der Waals surface area contributed by atoms with Gasteiger partial charge in [-0.1, -0.05) is 34.1 Å². The van der Waals surface area contributed by atoms with Crippen LogP contribution in [0.15, 0.2) is 46.9 Å². The number of nitrogens with zero attached hydrogens (tertiary/aromatic N) is 1. The van der Waals surface area contributed by atoms with Crippen LogP contribution in [0.5, 0.6) is 0 Å². The van der Waals surface area contributed by atoms with Crippen molar-refractivity contribution < 1.29 is 9.59 Å². The van der Waals surface area contributed by atoms with Crippen molar-refractivity contribution in [2.24, 2.45) is 0 Å². The third-order valence-corrected chi connectivity index (χ3v) is 6.50. The lowest BCUT2D eigenvalue weighted by Gasteiger charge is -2.32. The molecule has 1 fully saturated rings. The summed E-state index contributed by atoms with van der Waals surface area (Å²) in [7, 11) is 0. The molecule has 2 amide bonds. The fourth-order valence-electron chi connectivity index (χ4n) is 3.15. The predicted molar refractivity (Wildman–Crippen MR) is 95.6 cm³/mol. The van der Waals surface area contributed by atoms with Crippen molar-refractivity contribution in [3.63, 3.8) is 0 Å². The third kappa shape index (κ3) is 1.98. The Hall–Kier alpha value is -1.79. The van der Waals surface area contributed by atoms with Gasteiger partial charge in [-0.25, -0.2) is 0 Å². The minimum absolute atomic E-state index is 0.0522. The second-order valence-electron chi connectivity index (χ2n) is 5.60. The molecule has 0 bridgehead atoms. The van der Waals surface area contributed by atoms with E-state index < -0.39 is 4.87 Å². The maximum atomic E-state index is 12.8. The van der Waals surface area contributed by atoms with Gasteiger partial charge in [-0.3, -0.25) is 14.5 Å². The van der Waals surface area contributed by atoms with Gasteiger partial charge in [-0.05, 0) is 36.8 Å². The largest absolute Gasteiger partial charge is 0.323 e. The van der Waals surface area contributed by atoms with Gasteiger partial charge < -0.3 is 5.32 Å². The quantitative estimate of drug-likeness (QED) is 0.810. The number of carbonyl (C=O) groups excluding carboxylic acids is 2. The molecule has 1 spiro atoms. The molecule has 6 heteroatoms. The van der Waals surface area contributed by atoms with E-state index in [0.29, 0.717) is 0 Å². The molecule has 1 N–H and O–H groups in total. The monoisotopic (exact) mass is 388 g/mol. The molecular weight excluding hydrogens is 376 g/mol. The highest BCUT2D eigenvalue weighted by atomic mass is 79.9. The van der Waals surface area contributed by atoms with E-state index in [4.69, 9.17) is 0 Å². The molecule has 0 saturated carbocycles. The number of halogens is 1. The Bertz CT molecular complexity index is 854. The molecule has 0 aliphatic carbocycles. The van der Waals surface area contributed by atoms with Crippen LogP contribution in [0.4, 0.5) is 11.4 Å². The van der Waals surface area contributed by atoms with Crippen LogP contribution in [0.2, 0.25) is 0 Å². The summed E-state index contributed by atoms with van der Waals surface area (Å²) in [5, 5.41) is 2.91. The molecule has 4 rings (SSSR count). The van der Waals surface area contributed by atoms with E-state index in [9.17, 15) is 9.59 Å². The number of hydrogen-bond acceptors (Lipinski definition) is 3. The number of amides is 2. The van der Waals surface area contributed by atoms with Gasteiger partial charge in [-0.2, -0.15) is 0 Å². The summed E-state index contributed by atoms with van der Waals surface area (Å²) in [6.07, 6.45) is 0. The predicted octanol–water partition coefficient (Wildman–Crippen LogP) is 3.64. The Morgan fingerprint density at radius 1 is 1.22 bits per heavy atom. The summed E-state index contributed by atoms with van der Waals surface area (Å²) in [5.74, 6) is 0.0790. The SMILES string of the molecule is Cc1cc(N2C(=O)CSC23C(=O)Nc2ccccc23)ccc1Br. The van der Waals surface area contributed by atoms with Crippen molar-refractivity contribution in [1.29, 1.82) is 0 Å². The fourth-order valence-corrected chi connectivity index (χ4v) is 4.71. The van der Waals surface area contributed by atoms with E-state index in [-0.39, 0.29) is 17.6 Å². The van der Waals surface area contributed by atoms with E-state index in [2.05, 4.69) is 21.2 Å². The Balaban J connectivity index is 1.93. The lowest BCUT2D eigenvalue weighted by Crippen LogP contribution is -2.47. The number of benzene rings is 2. The minimum Gasteiger partial charge on any atom is -0.323 e. The molecule has 23 heavy (non-hydrogen) atoms. The summed E-state index contributed by atoms with van der Waals surface area (Å²) in [6.45, 7) is 1.97. The molecule has 4 nitrogen and oxygen atoms in total. The van der Waals surface area contributed by atoms with Crippen molar-refractivity contribution >= 4 is 50.9 Å². The van der Waals surface area contributed by atoms with Gasteiger partial charge in [0.15, 0.2) is 0 Å². The van der Waals surface area contributed by atoms with Crippen LogP contribution in [0, 0.1) is 6.92 Å². The van der Waals surface area contributed by atoms with Crippen LogP contribution in [-0.2, 0) is 14.5 Å². The van der Waals surface area contributed by atoms with E-state index in [1.807, 2.05) is 49.4 Å². The average molecular weight is 389 g/mol. The number of thioether (sulfide) groups is 1. The van der Waals surface area contributed by atoms with E-state index in [1.54, 1.807) is 4.90 Å². The number of carbonyl (C=O) groups is 2. The Morgan fingerprint density at radius 3 is 2.78 bits per heavy atom. The highest BCUT2D eigenvalue weighted by Crippen LogP contribution is 2.53. The second kappa shape index (κ2) is 5.11. The van der Waals surface area contributed by atoms with Gasteiger partial charge in [0.05, 0.1) is 5.75 Å². The van der Waals surface area contributed by atoms with E-state index >= 15 is 0 Å². The summed E-state index contributed by atoms with van der Waals surface area (Å²) in [6, 6.07) is 13.3. The fraction of sp³-hybridized carbons (Fsp3) is 0.176. The van der Waals surface area contributed by atoms with Crippen molar-refractivity contribution in [2.45, 2.75) is 11.8 Å². The zero-order chi connectivity index (χ0) is 16.2. The third-order valence-electron chi connectivity index (χ3n) is 4.22. The average Bonchev–Trinajstić information content (AvgIpc) is 3.02. The molecule has 116 valence electrons. The maximum absolute atomic E-state index is 12.8. The normalized spacial score (nSPS) is 22.6. The van der Waals surface area contributed by atoms with Crippen LogP contribution in [0.25, 0.3) is 0 Å². The Kier molecular flexibility index (Phi) is 3.28. The minimum atomic E-state index is -1.01. The standard InChI is InChI=1S/C17H13BrN2O2S/c1-10-8-11(6-7-13(10)18)20-15(21)9-23-17(20)12-4-2-3-5-14(12)19-16(17)22/h2-8H,9H2,1H3,(H,19,22). The number of fused-ring (bicyclic) bond motifs is 2. The van der Waals surface area contributed by atoms with Crippen molar-refractivity contribution in [1.82, 2.24) is 0 Å². The number of aryl methyl sites for hydroxylation is 1. The van der Waals surface area contributed by atoms with Gasteiger partial charge in [0.25, 0.3) is 5.91 Å². The zero-order valence-corrected chi connectivity index (χ0v) is 14.7. The van der Waals surface area contributed by atoms with Crippen LogP contribution in [0.1, 0.15) is 11.1 Å². The molecule has 1 atom stereocenters. The van der Waals surface area contributed by atoms with Gasteiger partial charge in [0.1, 0.15) is 0 Å². The van der Waals surface area contributed by atoms with Crippen molar-refractivity contribution in [3.05, 3.63) is 58.1 Å². The second-order valence-corrected chi connectivity index (χ2v) is 7.62. The van der Waals surface area contributed by atoms with Crippen molar-refractivity contribution in [3.8, 4) is 0 Å². The number of para-hydroxylation sites is 1. The van der Waals surface area contributed by atoms with Gasteiger partial charge >= 0.3 is 0 Å². The summed E-state index contributed by atoms with van der Waals surface area (Å²) < 4.78 is 0.978. The van der Waals surface area contributed by atoms with Gasteiger partial charge in [-0.15, -0.1) is 11.8 Å². The first-order chi connectivity index (χ1) is 11.0. The van der Waals surface area contributed by atoms with Gasteiger partial charge in [0, 0.05) is 21.4 Å². The lowest BCUT2D eigenvalue weighted by molar-refractivity contribution is -0.122. The molecule has 2 heterocycles. The Labute approximate surface area is 146 Å². The van der Waals surface area contributed by atoms with Crippen LogP contribution in [-0.4, -0.2) is 17.6 Å². The summed E-state index contributed by atoms with van der Waals surface area (Å²) >= 11 is 4.85. The molecular formula is C17H13BrN2O2S. The number of nitrogens with one attached hydrogen (secondary N) is 1. The number of anilines is 2. The van der Waals surface area contributed by atoms with E-state index in [0.717, 1.165) is 27.0 Å². The first-order valence-corrected chi connectivity index (χ1v) is 8.96. The number of hydrogen-bond donors (Lipinski definition) is 1. The summed E-state index contributed by atoms with van der Waals surface area (Å²) in [4.78, 5) is 26.0. The smallest absolute Gasteiger partial charge is 0.266 e. The van der Waals surface area contributed by atoms with Gasteiger partial charge in [0.2, 0.25) is 10.8 Å². The highest BCUT2D eigenvalue weighted by molar-refractivity contribution is 9.10. The lowest BCUT2D eigenvalue weighted by atomic mass is 10.0. The van der Waals surface area contributed by atoms with Crippen LogP contribution >= 0.6 is 27.7 Å². The molecule has 0 aromatic heterocycles. The zero-order valence-electron chi connectivity index (χ0n) is 12.3. The molecule has 2 aliphatic rings. The molecule has 2 aromatic carbocycles. The van der Waals surface area contributed by atoms with Crippen LogP contribution < -0.4 is 10.2 Å². The highest BCUT2D eigenvalue weighted by Gasteiger charge is 2.58. The molecule has 0 radical (unpaired) electrons. The first-order valence-electron chi connectivity index (χ1n) is 7.18. The maximum Gasteiger partial charge on any atom is 0.266 e. The summed E-state index contributed by atoms with van der Waals surface area (Å²) in [5.41, 5.74) is 3.39. The molecule has 2 aromatic rings.